The molecule has 2 aromatic rings. The van der Waals surface area contributed by atoms with Gasteiger partial charge in [-0.3, -0.25) is 9.59 Å². The summed E-state index contributed by atoms with van der Waals surface area (Å²) in [4.78, 5) is 25.3. The lowest BCUT2D eigenvalue weighted by molar-refractivity contribution is -0.123. The first-order valence-corrected chi connectivity index (χ1v) is 7.80. The highest BCUT2D eigenvalue weighted by atomic mass is 79.9. The van der Waals surface area contributed by atoms with Gasteiger partial charge in [-0.25, -0.2) is 4.39 Å². The fraction of sp³-hybridized carbons (Fsp3) is 0.176. The van der Waals surface area contributed by atoms with Crippen LogP contribution in [0.1, 0.15) is 12.5 Å². The quantitative estimate of drug-likeness (QED) is 0.867. The summed E-state index contributed by atoms with van der Waals surface area (Å²) in [5.74, 6) is -0.842. The van der Waals surface area contributed by atoms with Crippen LogP contribution in [0.5, 0.6) is 0 Å². The molecule has 23 heavy (non-hydrogen) atoms. The summed E-state index contributed by atoms with van der Waals surface area (Å²) in [6.07, 6.45) is 0. The Balaban J connectivity index is 2.00. The SMILES string of the molecule is CC(=O)N(CC(=O)NCc1ccc(F)cc1)c1ccccc1Br. The zero-order chi connectivity index (χ0) is 16.8. The van der Waals surface area contributed by atoms with Gasteiger partial charge in [-0.1, -0.05) is 24.3 Å². The van der Waals surface area contributed by atoms with Gasteiger partial charge < -0.3 is 10.2 Å². The number of para-hydroxylation sites is 1. The highest BCUT2D eigenvalue weighted by Gasteiger charge is 2.17. The molecule has 0 aromatic heterocycles. The first-order valence-electron chi connectivity index (χ1n) is 7.01. The average molecular weight is 379 g/mol. The molecule has 0 unspecified atom stereocenters. The number of carbonyl (C=O) groups is 2. The molecule has 0 aliphatic rings. The zero-order valence-electron chi connectivity index (χ0n) is 12.6. The van der Waals surface area contributed by atoms with E-state index < -0.39 is 0 Å². The predicted octanol–water partition coefficient (Wildman–Crippen LogP) is 3.26. The van der Waals surface area contributed by atoms with Gasteiger partial charge in [-0.15, -0.1) is 0 Å². The fourth-order valence-electron chi connectivity index (χ4n) is 2.04. The zero-order valence-corrected chi connectivity index (χ0v) is 14.1. The maximum atomic E-state index is 12.8. The van der Waals surface area contributed by atoms with E-state index in [0.29, 0.717) is 5.69 Å². The first-order chi connectivity index (χ1) is 11.0. The lowest BCUT2D eigenvalue weighted by Crippen LogP contribution is -2.39. The van der Waals surface area contributed by atoms with Crippen molar-refractivity contribution in [1.82, 2.24) is 5.32 Å². The second kappa shape index (κ2) is 7.87. The van der Waals surface area contributed by atoms with Crippen molar-refractivity contribution in [3.05, 3.63) is 64.4 Å². The van der Waals surface area contributed by atoms with E-state index in [2.05, 4.69) is 21.2 Å². The number of hydrogen-bond donors (Lipinski definition) is 1. The summed E-state index contributed by atoms with van der Waals surface area (Å²) in [5, 5.41) is 2.72. The average Bonchev–Trinajstić information content (AvgIpc) is 2.52. The summed E-state index contributed by atoms with van der Waals surface area (Å²) in [5.41, 5.74) is 1.42. The molecule has 2 aromatic carbocycles. The molecule has 0 saturated heterocycles. The Bertz CT molecular complexity index is 704. The summed E-state index contributed by atoms with van der Waals surface area (Å²) in [7, 11) is 0. The molecule has 0 aliphatic heterocycles. The number of amides is 2. The van der Waals surface area contributed by atoms with Crippen LogP contribution >= 0.6 is 15.9 Å². The lowest BCUT2D eigenvalue weighted by Gasteiger charge is -2.22. The van der Waals surface area contributed by atoms with Crippen LogP contribution in [0.15, 0.2) is 53.0 Å². The van der Waals surface area contributed by atoms with E-state index >= 15 is 0 Å². The molecule has 0 atom stereocenters. The van der Waals surface area contributed by atoms with E-state index in [0.717, 1.165) is 10.0 Å². The van der Waals surface area contributed by atoms with Crippen LogP contribution in [-0.4, -0.2) is 18.4 Å². The minimum absolute atomic E-state index is 0.0842. The number of hydrogen-bond acceptors (Lipinski definition) is 2. The second-order valence-electron chi connectivity index (χ2n) is 4.96. The fourth-order valence-corrected chi connectivity index (χ4v) is 2.54. The Morgan fingerprint density at radius 1 is 1.13 bits per heavy atom. The summed E-state index contributed by atoms with van der Waals surface area (Å²) >= 11 is 3.38. The number of carbonyl (C=O) groups excluding carboxylic acids is 2. The van der Waals surface area contributed by atoms with Crippen LogP contribution in [-0.2, 0) is 16.1 Å². The van der Waals surface area contributed by atoms with Crippen LogP contribution in [0, 0.1) is 5.82 Å². The first kappa shape index (κ1) is 17.1. The van der Waals surface area contributed by atoms with E-state index in [-0.39, 0.29) is 30.7 Å². The summed E-state index contributed by atoms with van der Waals surface area (Å²) in [6.45, 7) is 1.60. The van der Waals surface area contributed by atoms with Gasteiger partial charge in [0.25, 0.3) is 0 Å². The minimum atomic E-state index is -0.322. The van der Waals surface area contributed by atoms with E-state index in [9.17, 15) is 14.0 Å². The van der Waals surface area contributed by atoms with E-state index in [1.807, 2.05) is 12.1 Å². The monoisotopic (exact) mass is 378 g/mol. The third-order valence-electron chi connectivity index (χ3n) is 3.23. The van der Waals surface area contributed by atoms with Gasteiger partial charge >= 0.3 is 0 Å². The van der Waals surface area contributed by atoms with Crippen LogP contribution in [0.25, 0.3) is 0 Å². The largest absolute Gasteiger partial charge is 0.350 e. The van der Waals surface area contributed by atoms with E-state index in [1.165, 1.54) is 24.0 Å². The molecule has 6 heteroatoms. The highest BCUT2D eigenvalue weighted by Crippen LogP contribution is 2.25. The van der Waals surface area contributed by atoms with Crippen molar-refractivity contribution >= 4 is 33.4 Å². The Labute approximate surface area is 142 Å². The number of anilines is 1. The second-order valence-corrected chi connectivity index (χ2v) is 5.81. The molecule has 0 aliphatic carbocycles. The predicted molar refractivity (Wildman–Crippen MR) is 90.4 cm³/mol. The maximum Gasteiger partial charge on any atom is 0.240 e. The van der Waals surface area contributed by atoms with E-state index in [4.69, 9.17) is 0 Å². The number of nitrogens with zero attached hydrogens (tertiary/aromatic N) is 1. The van der Waals surface area contributed by atoms with Gasteiger partial charge in [0.15, 0.2) is 0 Å². The van der Waals surface area contributed by atoms with Gasteiger partial charge in [-0.2, -0.15) is 0 Å². The molecule has 0 radical (unpaired) electrons. The summed E-state index contributed by atoms with van der Waals surface area (Å²) < 4.78 is 13.6. The molecule has 0 saturated carbocycles. The summed E-state index contributed by atoms with van der Waals surface area (Å²) in [6, 6.07) is 13.1. The molecule has 2 rings (SSSR count). The number of nitrogens with one attached hydrogen (secondary N) is 1. The number of rotatable bonds is 5. The van der Waals surface area contributed by atoms with Crippen LogP contribution in [0.4, 0.5) is 10.1 Å². The Hall–Kier alpha value is -2.21. The molecule has 0 heterocycles. The highest BCUT2D eigenvalue weighted by molar-refractivity contribution is 9.10. The van der Waals surface area contributed by atoms with Crippen LogP contribution in [0.3, 0.4) is 0 Å². The van der Waals surface area contributed by atoms with E-state index in [1.54, 1.807) is 24.3 Å². The minimum Gasteiger partial charge on any atom is -0.350 e. The Morgan fingerprint density at radius 2 is 1.78 bits per heavy atom. The molecule has 0 spiro atoms. The number of halogens is 2. The van der Waals surface area contributed by atoms with Crippen molar-refractivity contribution in [2.45, 2.75) is 13.5 Å². The molecule has 2 amide bonds. The third kappa shape index (κ3) is 4.89. The Morgan fingerprint density at radius 3 is 2.39 bits per heavy atom. The molecule has 0 fully saturated rings. The molecule has 120 valence electrons. The van der Waals surface area contributed by atoms with Gasteiger partial charge in [0.2, 0.25) is 11.8 Å². The maximum absolute atomic E-state index is 12.8. The standard InChI is InChI=1S/C17H16BrFN2O2/c1-12(22)21(16-5-3-2-4-15(16)18)11-17(23)20-10-13-6-8-14(19)9-7-13/h2-9H,10-11H2,1H3,(H,20,23). The van der Waals surface area contributed by atoms with Gasteiger partial charge in [0.1, 0.15) is 12.4 Å². The van der Waals surface area contributed by atoms with Crippen LogP contribution < -0.4 is 10.2 Å². The van der Waals surface area contributed by atoms with Crippen molar-refractivity contribution in [3.8, 4) is 0 Å². The lowest BCUT2D eigenvalue weighted by atomic mass is 10.2. The Kier molecular flexibility index (Phi) is 5.87. The topological polar surface area (TPSA) is 49.4 Å². The van der Waals surface area contributed by atoms with Crippen molar-refractivity contribution in [2.75, 3.05) is 11.4 Å². The molecule has 1 N–H and O–H groups in total. The van der Waals surface area contributed by atoms with Gasteiger partial charge in [-0.05, 0) is 45.8 Å². The van der Waals surface area contributed by atoms with Gasteiger partial charge in [0, 0.05) is 17.9 Å². The van der Waals surface area contributed by atoms with Crippen LogP contribution in [0.2, 0.25) is 0 Å². The van der Waals surface area contributed by atoms with Crippen molar-refractivity contribution in [3.63, 3.8) is 0 Å². The molecular formula is C17H16BrFN2O2. The molecule has 0 bridgehead atoms. The number of benzene rings is 2. The smallest absolute Gasteiger partial charge is 0.240 e. The van der Waals surface area contributed by atoms with Gasteiger partial charge in [0.05, 0.1) is 5.69 Å². The third-order valence-corrected chi connectivity index (χ3v) is 3.90. The van der Waals surface area contributed by atoms with Crippen molar-refractivity contribution in [2.24, 2.45) is 0 Å². The normalized spacial score (nSPS) is 10.2. The van der Waals surface area contributed by atoms with Crippen molar-refractivity contribution < 1.29 is 14.0 Å². The molecule has 4 nitrogen and oxygen atoms in total. The molecular weight excluding hydrogens is 363 g/mol. The van der Waals surface area contributed by atoms with Crippen molar-refractivity contribution in [1.29, 1.82) is 0 Å².